The van der Waals surface area contributed by atoms with E-state index < -0.39 is 11.2 Å². The molecule has 0 fully saturated rings. The number of ether oxygens (including phenoxy) is 1. The lowest BCUT2D eigenvalue weighted by Crippen LogP contribution is -2.32. The summed E-state index contributed by atoms with van der Waals surface area (Å²) in [5, 5.41) is 0. The van der Waals surface area contributed by atoms with E-state index in [1.54, 1.807) is 6.92 Å². The average molecular weight is 198 g/mol. The Hall–Kier alpha value is -1.36. The fourth-order valence-corrected chi connectivity index (χ4v) is 1.17. The van der Waals surface area contributed by atoms with Gasteiger partial charge in [0.05, 0.1) is 6.10 Å². The Morgan fingerprint density at radius 2 is 2.00 bits per heavy atom. The summed E-state index contributed by atoms with van der Waals surface area (Å²) in [4.78, 5) is 24.2. The number of hydrogen-bond acceptors (Lipinski definition) is 3. The summed E-state index contributed by atoms with van der Waals surface area (Å²) in [7, 11) is 0. The monoisotopic (exact) mass is 198 g/mol. The van der Waals surface area contributed by atoms with Gasteiger partial charge in [-0.25, -0.2) is 4.79 Å². The Balaban J connectivity index is 2.96. The molecule has 1 N–H and O–H groups in total. The van der Waals surface area contributed by atoms with Gasteiger partial charge in [-0.1, -0.05) is 0 Å². The van der Waals surface area contributed by atoms with Crippen LogP contribution in [0.5, 0.6) is 0 Å². The molecule has 0 aliphatic rings. The summed E-state index contributed by atoms with van der Waals surface area (Å²) in [6.45, 7) is 5.51. The number of H-pyrrole nitrogens is 1. The molecule has 0 saturated carbocycles. The third-order valence-corrected chi connectivity index (χ3v) is 1.71. The first-order valence-corrected chi connectivity index (χ1v) is 4.47. The molecule has 14 heavy (non-hydrogen) atoms. The molecule has 0 aliphatic carbocycles. The number of rotatable bonds is 3. The zero-order valence-electron chi connectivity index (χ0n) is 8.48. The van der Waals surface area contributed by atoms with Crippen LogP contribution in [0.4, 0.5) is 0 Å². The second-order valence-electron chi connectivity index (χ2n) is 3.30. The van der Waals surface area contributed by atoms with E-state index >= 15 is 0 Å². The van der Waals surface area contributed by atoms with Crippen LogP contribution in [-0.4, -0.2) is 15.7 Å². The van der Waals surface area contributed by atoms with Crippen molar-refractivity contribution >= 4 is 0 Å². The van der Waals surface area contributed by atoms with Crippen LogP contribution in [0, 0.1) is 0 Å². The van der Waals surface area contributed by atoms with E-state index in [0.717, 1.165) is 0 Å². The molecule has 0 aromatic carbocycles. The number of nitrogens with one attached hydrogen (secondary N) is 1. The SMILES string of the molecule is CC(C)O[C@H](C)n1ccc(=O)[nH]c1=O. The van der Waals surface area contributed by atoms with Crippen LogP contribution >= 0.6 is 0 Å². The first-order valence-electron chi connectivity index (χ1n) is 4.47. The normalized spacial score (nSPS) is 13.1. The van der Waals surface area contributed by atoms with Gasteiger partial charge in [-0.2, -0.15) is 0 Å². The average Bonchev–Trinajstić information content (AvgIpc) is 2.01. The Morgan fingerprint density at radius 1 is 1.36 bits per heavy atom. The molecular weight excluding hydrogens is 184 g/mol. The first-order chi connectivity index (χ1) is 6.50. The van der Waals surface area contributed by atoms with Gasteiger partial charge in [-0.3, -0.25) is 14.3 Å². The van der Waals surface area contributed by atoms with Gasteiger partial charge in [0, 0.05) is 12.3 Å². The predicted molar refractivity (Wildman–Crippen MR) is 52.3 cm³/mol. The van der Waals surface area contributed by atoms with Crippen molar-refractivity contribution in [1.29, 1.82) is 0 Å². The number of hydrogen-bond donors (Lipinski definition) is 1. The Labute approximate surface area is 81.3 Å². The molecule has 0 amide bonds. The lowest BCUT2D eigenvalue weighted by atomic mass is 10.4. The van der Waals surface area contributed by atoms with Crippen molar-refractivity contribution in [1.82, 2.24) is 9.55 Å². The third kappa shape index (κ3) is 2.56. The highest BCUT2D eigenvalue weighted by atomic mass is 16.5. The lowest BCUT2D eigenvalue weighted by Gasteiger charge is -2.17. The largest absolute Gasteiger partial charge is 0.356 e. The van der Waals surface area contributed by atoms with Crippen LogP contribution in [0.2, 0.25) is 0 Å². The summed E-state index contributed by atoms with van der Waals surface area (Å²) in [5.41, 5.74) is -0.853. The van der Waals surface area contributed by atoms with Gasteiger partial charge < -0.3 is 4.74 Å². The molecule has 0 aliphatic heterocycles. The smallest absolute Gasteiger partial charge is 0.330 e. The molecule has 78 valence electrons. The molecule has 0 radical (unpaired) electrons. The van der Waals surface area contributed by atoms with Crippen molar-refractivity contribution in [3.8, 4) is 0 Å². The van der Waals surface area contributed by atoms with Gasteiger partial charge in [-0.15, -0.1) is 0 Å². The van der Waals surface area contributed by atoms with Crippen LogP contribution in [0.1, 0.15) is 27.0 Å². The van der Waals surface area contributed by atoms with E-state index in [2.05, 4.69) is 4.98 Å². The standard InChI is InChI=1S/C9H14N2O3/c1-6(2)14-7(3)11-5-4-8(12)10-9(11)13/h4-7H,1-3H3,(H,10,12,13)/t7-/m1/s1. The van der Waals surface area contributed by atoms with E-state index in [0.29, 0.717) is 0 Å². The molecule has 1 heterocycles. The fourth-order valence-electron chi connectivity index (χ4n) is 1.17. The quantitative estimate of drug-likeness (QED) is 0.768. The van der Waals surface area contributed by atoms with Crippen molar-refractivity contribution < 1.29 is 4.74 Å². The molecule has 0 saturated heterocycles. The number of aromatic nitrogens is 2. The molecule has 5 nitrogen and oxygen atoms in total. The maximum atomic E-state index is 11.3. The Kier molecular flexibility index (Phi) is 3.24. The van der Waals surface area contributed by atoms with E-state index in [4.69, 9.17) is 4.74 Å². The molecule has 0 bridgehead atoms. The second kappa shape index (κ2) is 4.23. The van der Waals surface area contributed by atoms with Gasteiger partial charge in [0.25, 0.3) is 5.56 Å². The molecule has 1 atom stereocenters. The lowest BCUT2D eigenvalue weighted by molar-refractivity contribution is -0.0276. The van der Waals surface area contributed by atoms with Crippen molar-refractivity contribution in [2.45, 2.75) is 33.1 Å². The predicted octanol–water partition coefficient (Wildman–Crippen LogP) is 0.480. The second-order valence-corrected chi connectivity index (χ2v) is 3.30. The van der Waals surface area contributed by atoms with Crippen molar-refractivity contribution in [3.05, 3.63) is 33.1 Å². The van der Waals surface area contributed by atoms with Crippen molar-refractivity contribution in [2.24, 2.45) is 0 Å². The minimum Gasteiger partial charge on any atom is -0.356 e. The zero-order chi connectivity index (χ0) is 10.7. The van der Waals surface area contributed by atoms with Gasteiger partial charge in [-0.05, 0) is 20.8 Å². The molecule has 1 aromatic heterocycles. The van der Waals surface area contributed by atoms with E-state index in [-0.39, 0.29) is 12.3 Å². The molecule has 5 heteroatoms. The molecule has 0 spiro atoms. The summed E-state index contributed by atoms with van der Waals surface area (Å²) in [6, 6.07) is 1.29. The van der Waals surface area contributed by atoms with Crippen LogP contribution < -0.4 is 11.2 Å². The summed E-state index contributed by atoms with van der Waals surface area (Å²) in [5.74, 6) is 0. The fraction of sp³-hybridized carbons (Fsp3) is 0.556. The number of nitrogens with zero attached hydrogens (tertiary/aromatic N) is 1. The van der Waals surface area contributed by atoms with Crippen molar-refractivity contribution in [3.63, 3.8) is 0 Å². The number of aromatic amines is 1. The van der Waals surface area contributed by atoms with E-state index in [9.17, 15) is 9.59 Å². The zero-order valence-corrected chi connectivity index (χ0v) is 8.48. The minimum absolute atomic E-state index is 0.0313. The highest BCUT2D eigenvalue weighted by Crippen LogP contribution is 2.05. The van der Waals surface area contributed by atoms with Gasteiger partial charge >= 0.3 is 5.69 Å². The van der Waals surface area contributed by atoms with Gasteiger partial charge in [0.2, 0.25) is 0 Å². The first kappa shape index (κ1) is 10.7. The van der Waals surface area contributed by atoms with Crippen LogP contribution in [-0.2, 0) is 4.74 Å². The van der Waals surface area contributed by atoms with Crippen LogP contribution in [0.15, 0.2) is 21.9 Å². The summed E-state index contributed by atoms with van der Waals surface area (Å²) < 4.78 is 6.73. The Morgan fingerprint density at radius 3 is 2.50 bits per heavy atom. The highest BCUT2D eigenvalue weighted by Gasteiger charge is 2.08. The van der Waals surface area contributed by atoms with Gasteiger partial charge in [0.15, 0.2) is 0 Å². The molecule has 1 rings (SSSR count). The Bertz CT molecular complexity index is 405. The summed E-state index contributed by atoms with van der Waals surface area (Å²) in [6.07, 6.45) is 1.08. The van der Waals surface area contributed by atoms with E-state index in [1.165, 1.54) is 16.8 Å². The van der Waals surface area contributed by atoms with Gasteiger partial charge in [0.1, 0.15) is 6.23 Å². The van der Waals surface area contributed by atoms with Crippen LogP contribution in [0.25, 0.3) is 0 Å². The minimum atomic E-state index is -0.453. The van der Waals surface area contributed by atoms with E-state index in [1.807, 2.05) is 13.8 Å². The molecule has 1 aromatic rings. The topological polar surface area (TPSA) is 64.1 Å². The van der Waals surface area contributed by atoms with Crippen molar-refractivity contribution in [2.75, 3.05) is 0 Å². The summed E-state index contributed by atoms with van der Waals surface area (Å²) >= 11 is 0. The maximum absolute atomic E-state index is 11.3. The third-order valence-electron chi connectivity index (χ3n) is 1.71. The molecule has 0 unspecified atom stereocenters. The van der Waals surface area contributed by atoms with Crippen LogP contribution in [0.3, 0.4) is 0 Å². The highest BCUT2D eigenvalue weighted by molar-refractivity contribution is 4.83. The maximum Gasteiger partial charge on any atom is 0.330 e. The molecular formula is C9H14N2O3.